The van der Waals surface area contributed by atoms with Gasteiger partial charge in [0, 0.05) is 12.7 Å². The molecule has 0 atom stereocenters. The van der Waals surface area contributed by atoms with Crippen LogP contribution in [0.15, 0.2) is 17.1 Å². The lowest BCUT2D eigenvalue weighted by Crippen LogP contribution is -2.17. The van der Waals surface area contributed by atoms with Gasteiger partial charge in [-0.3, -0.25) is 14.3 Å². The summed E-state index contributed by atoms with van der Waals surface area (Å²) in [5.74, 6) is -0.543. The summed E-state index contributed by atoms with van der Waals surface area (Å²) in [5.41, 5.74) is 6.44. The van der Waals surface area contributed by atoms with E-state index in [9.17, 15) is 9.59 Å². The molecule has 0 fully saturated rings. The maximum absolute atomic E-state index is 11.8. The highest BCUT2D eigenvalue weighted by Gasteiger charge is 2.10. The first-order chi connectivity index (χ1) is 8.63. The number of H-pyrrole nitrogens is 1. The number of pyridine rings is 1. The SMILES string of the molecule is CCCCCn1c(=O)[nH]c2ncc(C(N)=O)cc21. The van der Waals surface area contributed by atoms with Crippen molar-refractivity contribution in [3.63, 3.8) is 0 Å². The summed E-state index contributed by atoms with van der Waals surface area (Å²) >= 11 is 0. The lowest BCUT2D eigenvalue weighted by molar-refractivity contribution is 0.1000. The van der Waals surface area contributed by atoms with Crippen molar-refractivity contribution in [2.24, 2.45) is 5.73 Å². The molecule has 0 saturated carbocycles. The van der Waals surface area contributed by atoms with Gasteiger partial charge < -0.3 is 5.73 Å². The molecule has 0 bridgehead atoms. The van der Waals surface area contributed by atoms with E-state index < -0.39 is 5.91 Å². The topological polar surface area (TPSA) is 93.8 Å². The van der Waals surface area contributed by atoms with Crippen LogP contribution < -0.4 is 11.4 Å². The van der Waals surface area contributed by atoms with Crippen LogP contribution in [-0.4, -0.2) is 20.4 Å². The van der Waals surface area contributed by atoms with Crippen LogP contribution in [0.4, 0.5) is 0 Å². The zero-order valence-electron chi connectivity index (χ0n) is 10.3. The van der Waals surface area contributed by atoms with E-state index in [1.54, 1.807) is 10.6 Å². The monoisotopic (exact) mass is 248 g/mol. The minimum Gasteiger partial charge on any atom is -0.366 e. The number of hydrogen-bond acceptors (Lipinski definition) is 3. The number of fused-ring (bicyclic) bond motifs is 1. The van der Waals surface area contributed by atoms with E-state index in [1.165, 1.54) is 6.20 Å². The highest BCUT2D eigenvalue weighted by Crippen LogP contribution is 2.11. The second-order valence-corrected chi connectivity index (χ2v) is 4.24. The normalized spacial score (nSPS) is 10.9. The summed E-state index contributed by atoms with van der Waals surface area (Å²) in [6.07, 6.45) is 4.44. The molecule has 0 unspecified atom stereocenters. The van der Waals surface area contributed by atoms with Crippen molar-refractivity contribution in [3.8, 4) is 0 Å². The molecule has 2 aromatic heterocycles. The molecule has 96 valence electrons. The van der Waals surface area contributed by atoms with E-state index in [1.807, 2.05) is 0 Å². The third-order valence-corrected chi connectivity index (χ3v) is 2.90. The number of carbonyl (C=O) groups excluding carboxylic acids is 1. The number of unbranched alkanes of at least 4 members (excludes halogenated alkanes) is 2. The number of aryl methyl sites for hydroxylation is 1. The summed E-state index contributed by atoms with van der Waals surface area (Å²) in [7, 11) is 0. The molecule has 0 saturated heterocycles. The first-order valence-corrected chi connectivity index (χ1v) is 6.02. The van der Waals surface area contributed by atoms with Crippen molar-refractivity contribution in [3.05, 3.63) is 28.3 Å². The number of nitrogens with two attached hydrogens (primary N) is 1. The van der Waals surface area contributed by atoms with Crippen LogP contribution in [0.1, 0.15) is 36.5 Å². The van der Waals surface area contributed by atoms with Gasteiger partial charge in [-0.25, -0.2) is 9.78 Å². The maximum Gasteiger partial charge on any atom is 0.327 e. The van der Waals surface area contributed by atoms with E-state index in [0.29, 0.717) is 23.3 Å². The second kappa shape index (κ2) is 5.03. The number of imidazole rings is 1. The Balaban J connectivity index is 2.43. The average molecular weight is 248 g/mol. The van der Waals surface area contributed by atoms with Crippen LogP contribution in [-0.2, 0) is 6.54 Å². The number of amides is 1. The van der Waals surface area contributed by atoms with Crippen LogP contribution in [0, 0.1) is 0 Å². The first kappa shape index (κ1) is 12.3. The Hall–Kier alpha value is -2.11. The molecule has 6 heteroatoms. The van der Waals surface area contributed by atoms with Gasteiger partial charge in [0.2, 0.25) is 5.91 Å². The highest BCUT2D eigenvalue weighted by atomic mass is 16.1. The Bertz CT molecular complexity index is 627. The Morgan fingerprint density at radius 1 is 1.50 bits per heavy atom. The van der Waals surface area contributed by atoms with Gasteiger partial charge in [0.15, 0.2) is 5.65 Å². The quantitative estimate of drug-likeness (QED) is 0.773. The number of primary amides is 1. The molecular weight excluding hydrogens is 232 g/mol. The molecule has 3 N–H and O–H groups in total. The molecule has 2 aromatic rings. The number of hydrogen-bond donors (Lipinski definition) is 2. The molecule has 18 heavy (non-hydrogen) atoms. The van der Waals surface area contributed by atoms with E-state index in [2.05, 4.69) is 16.9 Å². The van der Waals surface area contributed by atoms with Crippen molar-refractivity contribution in [1.29, 1.82) is 0 Å². The zero-order chi connectivity index (χ0) is 13.1. The van der Waals surface area contributed by atoms with E-state index >= 15 is 0 Å². The number of nitrogens with one attached hydrogen (secondary N) is 1. The van der Waals surface area contributed by atoms with Gasteiger partial charge >= 0.3 is 5.69 Å². The summed E-state index contributed by atoms with van der Waals surface area (Å²) in [4.78, 5) is 29.6. The third-order valence-electron chi connectivity index (χ3n) is 2.90. The van der Waals surface area contributed by atoms with Gasteiger partial charge in [-0.15, -0.1) is 0 Å². The Morgan fingerprint density at radius 3 is 2.94 bits per heavy atom. The summed E-state index contributed by atoms with van der Waals surface area (Å²) in [5, 5.41) is 0. The lowest BCUT2D eigenvalue weighted by Gasteiger charge is -2.02. The van der Waals surface area contributed by atoms with Crippen LogP contribution in [0.2, 0.25) is 0 Å². The summed E-state index contributed by atoms with van der Waals surface area (Å²) in [6.45, 7) is 2.72. The molecule has 0 aliphatic heterocycles. The fraction of sp³-hybridized carbons (Fsp3) is 0.417. The van der Waals surface area contributed by atoms with Crippen molar-refractivity contribution in [2.45, 2.75) is 32.7 Å². The molecule has 6 nitrogen and oxygen atoms in total. The van der Waals surface area contributed by atoms with E-state index in [0.717, 1.165) is 19.3 Å². The van der Waals surface area contributed by atoms with Gasteiger partial charge in [0.05, 0.1) is 11.1 Å². The largest absolute Gasteiger partial charge is 0.366 e. The van der Waals surface area contributed by atoms with Crippen LogP contribution in [0.25, 0.3) is 11.2 Å². The molecule has 2 heterocycles. The minimum absolute atomic E-state index is 0.199. The minimum atomic E-state index is -0.543. The van der Waals surface area contributed by atoms with Crippen LogP contribution >= 0.6 is 0 Å². The van der Waals surface area contributed by atoms with Crippen molar-refractivity contribution in [1.82, 2.24) is 14.5 Å². The molecule has 0 aromatic carbocycles. The van der Waals surface area contributed by atoms with Crippen molar-refractivity contribution >= 4 is 17.1 Å². The molecule has 0 radical (unpaired) electrons. The highest BCUT2D eigenvalue weighted by molar-refractivity contribution is 5.95. The molecule has 0 aliphatic rings. The summed E-state index contributed by atoms with van der Waals surface area (Å²) in [6, 6.07) is 1.61. The Morgan fingerprint density at radius 2 is 2.28 bits per heavy atom. The fourth-order valence-corrected chi connectivity index (χ4v) is 1.91. The van der Waals surface area contributed by atoms with Gasteiger partial charge in [-0.2, -0.15) is 0 Å². The zero-order valence-corrected chi connectivity index (χ0v) is 10.3. The Labute approximate surface area is 104 Å². The first-order valence-electron chi connectivity index (χ1n) is 6.02. The maximum atomic E-state index is 11.8. The number of rotatable bonds is 5. The number of aromatic amines is 1. The van der Waals surface area contributed by atoms with Crippen molar-refractivity contribution in [2.75, 3.05) is 0 Å². The number of nitrogens with zero attached hydrogens (tertiary/aromatic N) is 2. The molecule has 1 amide bonds. The fourth-order valence-electron chi connectivity index (χ4n) is 1.91. The smallest absolute Gasteiger partial charge is 0.327 e. The van der Waals surface area contributed by atoms with E-state index in [4.69, 9.17) is 5.73 Å². The average Bonchev–Trinajstić information content (AvgIpc) is 2.65. The van der Waals surface area contributed by atoms with Gasteiger partial charge in [-0.05, 0) is 12.5 Å². The third kappa shape index (κ3) is 2.27. The number of carbonyl (C=O) groups is 1. The van der Waals surface area contributed by atoms with Crippen molar-refractivity contribution < 1.29 is 4.79 Å². The number of aromatic nitrogens is 3. The van der Waals surface area contributed by atoms with Crippen LogP contribution in [0.5, 0.6) is 0 Å². The van der Waals surface area contributed by atoms with Gasteiger partial charge in [-0.1, -0.05) is 19.8 Å². The predicted molar refractivity (Wildman–Crippen MR) is 68.4 cm³/mol. The molecule has 2 rings (SSSR count). The molecule has 0 aliphatic carbocycles. The Kier molecular flexibility index (Phi) is 3.45. The lowest BCUT2D eigenvalue weighted by atomic mass is 10.2. The molecule has 0 spiro atoms. The second-order valence-electron chi connectivity index (χ2n) is 4.24. The van der Waals surface area contributed by atoms with Crippen LogP contribution in [0.3, 0.4) is 0 Å². The van der Waals surface area contributed by atoms with E-state index in [-0.39, 0.29) is 5.69 Å². The van der Waals surface area contributed by atoms with Gasteiger partial charge in [0.25, 0.3) is 0 Å². The predicted octanol–water partition coefficient (Wildman–Crippen LogP) is 1.01. The van der Waals surface area contributed by atoms with Gasteiger partial charge in [0.1, 0.15) is 0 Å². The molecular formula is C12H16N4O2. The summed E-state index contributed by atoms with van der Waals surface area (Å²) < 4.78 is 1.60. The standard InChI is InChI=1S/C12H16N4O2/c1-2-3-4-5-16-9-6-8(10(13)17)7-14-11(9)15-12(16)18/h6-7H,2-5H2,1H3,(H2,13,17)(H,14,15,18).